The van der Waals surface area contributed by atoms with E-state index in [4.69, 9.17) is 5.73 Å². The lowest BCUT2D eigenvalue weighted by atomic mass is 9.70. The van der Waals surface area contributed by atoms with Gasteiger partial charge in [-0.2, -0.15) is 0 Å². The lowest BCUT2D eigenvalue weighted by molar-refractivity contribution is 0.102. The minimum Gasteiger partial charge on any atom is -0.326 e. The molecule has 0 spiro atoms. The number of hydrogen-bond acceptors (Lipinski definition) is 2. The van der Waals surface area contributed by atoms with Crippen LogP contribution in [-0.4, -0.2) is 24.0 Å². The van der Waals surface area contributed by atoms with Crippen LogP contribution in [0.3, 0.4) is 0 Å². The Balaban J connectivity index is 1.89. The molecule has 20 heavy (non-hydrogen) atoms. The summed E-state index contributed by atoms with van der Waals surface area (Å²) in [6.45, 7) is 9.31. The molecule has 1 aromatic rings. The zero-order valence-electron chi connectivity index (χ0n) is 13.1. The minimum atomic E-state index is 0.318. The number of nitrogens with two attached hydrogens (primary N) is 1. The molecule has 2 heteroatoms. The Kier molecular flexibility index (Phi) is 3.64. The highest BCUT2D eigenvalue weighted by molar-refractivity contribution is 5.38. The van der Waals surface area contributed by atoms with Crippen LogP contribution in [0.2, 0.25) is 0 Å². The van der Waals surface area contributed by atoms with Crippen molar-refractivity contribution in [3.05, 3.63) is 35.4 Å². The topological polar surface area (TPSA) is 29.3 Å². The summed E-state index contributed by atoms with van der Waals surface area (Å²) in [5.74, 6) is 0.668. The lowest BCUT2D eigenvalue weighted by Crippen LogP contribution is -2.49. The van der Waals surface area contributed by atoms with E-state index < -0.39 is 0 Å². The zero-order chi connectivity index (χ0) is 14.3. The summed E-state index contributed by atoms with van der Waals surface area (Å²) in [6.07, 6.45) is 3.78. The van der Waals surface area contributed by atoms with Crippen molar-refractivity contribution in [1.82, 2.24) is 4.90 Å². The van der Waals surface area contributed by atoms with Gasteiger partial charge in [-0.25, -0.2) is 0 Å². The van der Waals surface area contributed by atoms with E-state index in [1.807, 2.05) is 0 Å². The van der Waals surface area contributed by atoms with Gasteiger partial charge in [0.25, 0.3) is 0 Å². The van der Waals surface area contributed by atoms with Crippen LogP contribution in [0.5, 0.6) is 0 Å². The van der Waals surface area contributed by atoms with E-state index in [-0.39, 0.29) is 0 Å². The van der Waals surface area contributed by atoms with Crippen LogP contribution in [0, 0.1) is 5.92 Å². The van der Waals surface area contributed by atoms with Crippen LogP contribution in [0.4, 0.5) is 0 Å². The standard InChI is InChI=1S/C18H28N2/c1-13-9-11-20(12-16(13)19)17-8-10-18(2,3)15-7-5-4-6-14(15)17/h4-7,13,16-17H,8-12,19H2,1-3H3. The van der Waals surface area contributed by atoms with Gasteiger partial charge in [-0.1, -0.05) is 45.0 Å². The highest BCUT2D eigenvalue weighted by Gasteiger charge is 2.36. The fourth-order valence-electron chi connectivity index (χ4n) is 3.98. The molecule has 0 bridgehead atoms. The molecule has 1 saturated heterocycles. The Bertz CT molecular complexity index is 480. The first-order valence-corrected chi connectivity index (χ1v) is 8.08. The third-order valence-electron chi connectivity index (χ3n) is 5.58. The van der Waals surface area contributed by atoms with Gasteiger partial charge < -0.3 is 5.73 Å². The average Bonchev–Trinajstić information content (AvgIpc) is 2.43. The minimum absolute atomic E-state index is 0.318. The van der Waals surface area contributed by atoms with Crippen molar-refractivity contribution >= 4 is 0 Å². The monoisotopic (exact) mass is 272 g/mol. The maximum absolute atomic E-state index is 6.31. The molecule has 3 rings (SSSR count). The van der Waals surface area contributed by atoms with Gasteiger partial charge in [-0.05, 0) is 48.3 Å². The lowest BCUT2D eigenvalue weighted by Gasteiger charge is -2.45. The van der Waals surface area contributed by atoms with Crippen LogP contribution in [0.1, 0.15) is 57.2 Å². The van der Waals surface area contributed by atoms with Crippen molar-refractivity contribution in [1.29, 1.82) is 0 Å². The van der Waals surface area contributed by atoms with E-state index >= 15 is 0 Å². The molecule has 2 N–H and O–H groups in total. The average molecular weight is 272 g/mol. The molecule has 1 aliphatic carbocycles. The quantitative estimate of drug-likeness (QED) is 0.848. The van der Waals surface area contributed by atoms with Gasteiger partial charge in [-0.3, -0.25) is 4.90 Å². The summed E-state index contributed by atoms with van der Waals surface area (Å²) in [6, 6.07) is 9.97. The highest BCUT2D eigenvalue weighted by Crippen LogP contribution is 2.44. The van der Waals surface area contributed by atoms with E-state index in [0.717, 1.165) is 6.54 Å². The van der Waals surface area contributed by atoms with Crippen molar-refractivity contribution < 1.29 is 0 Å². The van der Waals surface area contributed by atoms with Crippen LogP contribution in [0.15, 0.2) is 24.3 Å². The number of likely N-dealkylation sites (tertiary alicyclic amines) is 1. The molecule has 1 fully saturated rings. The predicted octanol–water partition coefficient (Wildman–Crippen LogP) is 3.47. The maximum atomic E-state index is 6.31. The van der Waals surface area contributed by atoms with Crippen molar-refractivity contribution in [2.75, 3.05) is 13.1 Å². The molecule has 1 aliphatic heterocycles. The van der Waals surface area contributed by atoms with Gasteiger partial charge in [0, 0.05) is 18.6 Å². The van der Waals surface area contributed by atoms with Gasteiger partial charge in [0.1, 0.15) is 0 Å². The molecule has 3 atom stereocenters. The number of fused-ring (bicyclic) bond motifs is 1. The van der Waals surface area contributed by atoms with Crippen LogP contribution in [-0.2, 0) is 5.41 Å². The van der Waals surface area contributed by atoms with Gasteiger partial charge in [0.2, 0.25) is 0 Å². The second kappa shape index (κ2) is 5.16. The summed E-state index contributed by atoms with van der Waals surface area (Å²) >= 11 is 0. The first-order chi connectivity index (χ1) is 9.49. The summed E-state index contributed by atoms with van der Waals surface area (Å²) < 4.78 is 0. The number of benzene rings is 1. The van der Waals surface area contributed by atoms with Gasteiger partial charge in [0.15, 0.2) is 0 Å². The Morgan fingerprint density at radius 3 is 2.70 bits per heavy atom. The summed E-state index contributed by atoms with van der Waals surface area (Å²) in [5.41, 5.74) is 9.72. The molecule has 0 saturated carbocycles. The van der Waals surface area contributed by atoms with Crippen molar-refractivity contribution in [2.45, 2.75) is 57.5 Å². The highest BCUT2D eigenvalue weighted by atomic mass is 15.2. The first-order valence-electron chi connectivity index (χ1n) is 8.08. The van der Waals surface area contributed by atoms with E-state index in [1.54, 1.807) is 11.1 Å². The molecular weight excluding hydrogens is 244 g/mol. The van der Waals surface area contributed by atoms with Gasteiger partial charge in [0.05, 0.1) is 0 Å². The Morgan fingerprint density at radius 2 is 1.95 bits per heavy atom. The summed E-state index contributed by atoms with van der Waals surface area (Å²) in [7, 11) is 0. The van der Waals surface area contributed by atoms with Crippen LogP contribution in [0.25, 0.3) is 0 Å². The van der Waals surface area contributed by atoms with E-state index in [2.05, 4.69) is 49.9 Å². The van der Waals surface area contributed by atoms with Gasteiger partial charge >= 0.3 is 0 Å². The SMILES string of the molecule is CC1CCN(C2CCC(C)(C)c3ccccc32)CC1N. The fraction of sp³-hybridized carbons (Fsp3) is 0.667. The Labute approximate surface area is 123 Å². The fourth-order valence-corrected chi connectivity index (χ4v) is 3.98. The molecule has 2 nitrogen and oxygen atoms in total. The maximum Gasteiger partial charge on any atom is 0.0352 e. The number of nitrogens with zero attached hydrogens (tertiary/aromatic N) is 1. The third-order valence-corrected chi connectivity index (χ3v) is 5.58. The van der Waals surface area contributed by atoms with E-state index in [0.29, 0.717) is 23.4 Å². The summed E-state index contributed by atoms with van der Waals surface area (Å²) in [5, 5.41) is 0. The summed E-state index contributed by atoms with van der Waals surface area (Å²) in [4.78, 5) is 2.64. The van der Waals surface area contributed by atoms with Crippen molar-refractivity contribution in [3.8, 4) is 0 Å². The zero-order valence-corrected chi connectivity index (χ0v) is 13.1. The Morgan fingerprint density at radius 1 is 1.20 bits per heavy atom. The third kappa shape index (κ3) is 2.40. The molecule has 0 aromatic heterocycles. The Hall–Kier alpha value is -0.860. The van der Waals surface area contributed by atoms with E-state index in [9.17, 15) is 0 Å². The number of rotatable bonds is 1. The molecule has 3 unspecified atom stereocenters. The molecule has 1 heterocycles. The molecule has 110 valence electrons. The smallest absolute Gasteiger partial charge is 0.0352 e. The van der Waals surface area contributed by atoms with Crippen molar-refractivity contribution in [3.63, 3.8) is 0 Å². The second-order valence-electron chi connectivity index (χ2n) is 7.45. The number of piperidine rings is 1. The van der Waals surface area contributed by atoms with Gasteiger partial charge in [-0.15, -0.1) is 0 Å². The largest absolute Gasteiger partial charge is 0.326 e. The number of hydrogen-bond donors (Lipinski definition) is 1. The molecule has 0 radical (unpaired) electrons. The molecule has 1 aromatic carbocycles. The molecule has 0 amide bonds. The second-order valence-corrected chi connectivity index (χ2v) is 7.45. The first kappa shape index (κ1) is 14.1. The van der Waals surface area contributed by atoms with Crippen molar-refractivity contribution in [2.24, 2.45) is 11.7 Å². The van der Waals surface area contributed by atoms with Crippen LogP contribution >= 0.6 is 0 Å². The molecule has 2 aliphatic rings. The van der Waals surface area contributed by atoms with E-state index in [1.165, 1.54) is 25.8 Å². The van der Waals surface area contributed by atoms with Crippen LogP contribution < -0.4 is 5.73 Å². The predicted molar refractivity (Wildman–Crippen MR) is 84.8 cm³/mol. The normalized spacial score (nSPS) is 33.7. The molecular formula is C18H28N2.